The number of nitrogens with one attached hydrogen (secondary N) is 1. The van der Waals surface area contributed by atoms with Gasteiger partial charge in [-0.1, -0.05) is 18.2 Å². The zero-order valence-electron chi connectivity index (χ0n) is 18.1. The highest BCUT2D eigenvalue weighted by Gasteiger charge is 2.24. The van der Waals surface area contributed by atoms with Crippen LogP contribution in [0.4, 0.5) is 11.6 Å². The van der Waals surface area contributed by atoms with E-state index < -0.39 is 0 Å². The molecule has 3 aromatic rings. The molecule has 0 spiro atoms. The van der Waals surface area contributed by atoms with Gasteiger partial charge in [-0.15, -0.1) is 0 Å². The molecule has 0 bridgehead atoms. The standard InChI is InChI=1S/C23H29N5O2/c1-16-8-9-18(20(12-16)29-4)14-28-10-11-30-21(15-28)19-6-5-7-22(24-19)25-23-13-17(2)27(3)26-23/h5-9,12-13,21H,10-11,14-15H2,1-4H3,(H,24,25,26)/t21-/m1/s1. The number of nitrogens with zero attached hydrogens (tertiary/aromatic N) is 4. The minimum Gasteiger partial charge on any atom is -0.496 e. The minimum atomic E-state index is -0.0672. The van der Waals surface area contributed by atoms with E-state index >= 15 is 0 Å². The molecule has 2 aromatic heterocycles. The first-order valence-electron chi connectivity index (χ1n) is 10.2. The maximum atomic E-state index is 6.05. The second-order valence-electron chi connectivity index (χ2n) is 7.78. The van der Waals surface area contributed by atoms with Crippen molar-refractivity contribution < 1.29 is 9.47 Å². The van der Waals surface area contributed by atoms with Gasteiger partial charge in [0.25, 0.3) is 0 Å². The summed E-state index contributed by atoms with van der Waals surface area (Å²) in [4.78, 5) is 7.17. The highest BCUT2D eigenvalue weighted by Crippen LogP contribution is 2.26. The topological polar surface area (TPSA) is 64.4 Å². The first kappa shape index (κ1) is 20.4. The number of methoxy groups -OCH3 is 1. The van der Waals surface area contributed by atoms with E-state index in [1.807, 2.05) is 42.9 Å². The van der Waals surface area contributed by atoms with Gasteiger partial charge in [0, 0.05) is 44.0 Å². The predicted molar refractivity (Wildman–Crippen MR) is 117 cm³/mol. The van der Waals surface area contributed by atoms with E-state index in [0.29, 0.717) is 6.61 Å². The smallest absolute Gasteiger partial charge is 0.153 e. The molecule has 158 valence electrons. The maximum Gasteiger partial charge on any atom is 0.153 e. The number of aromatic nitrogens is 3. The van der Waals surface area contributed by atoms with Crippen molar-refractivity contribution in [3.63, 3.8) is 0 Å². The molecule has 0 aliphatic carbocycles. The summed E-state index contributed by atoms with van der Waals surface area (Å²) >= 11 is 0. The predicted octanol–water partition coefficient (Wildman–Crippen LogP) is 3.76. The fourth-order valence-corrected chi connectivity index (χ4v) is 3.70. The van der Waals surface area contributed by atoms with Crippen LogP contribution in [0.5, 0.6) is 5.75 Å². The van der Waals surface area contributed by atoms with Crippen LogP contribution in [0.2, 0.25) is 0 Å². The van der Waals surface area contributed by atoms with Gasteiger partial charge in [0.2, 0.25) is 0 Å². The van der Waals surface area contributed by atoms with Crippen LogP contribution < -0.4 is 10.1 Å². The molecule has 3 heterocycles. The molecule has 1 aromatic carbocycles. The molecule has 1 atom stereocenters. The summed E-state index contributed by atoms with van der Waals surface area (Å²) in [5.41, 5.74) is 4.41. The van der Waals surface area contributed by atoms with Gasteiger partial charge in [0.1, 0.15) is 17.7 Å². The molecular formula is C23H29N5O2. The largest absolute Gasteiger partial charge is 0.496 e. The molecule has 1 aliphatic rings. The normalized spacial score (nSPS) is 17.1. The number of pyridine rings is 1. The van der Waals surface area contributed by atoms with Crippen LogP contribution in [0.15, 0.2) is 42.5 Å². The van der Waals surface area contributed by atoms with E-state index in [4.69, 9.17) is 14.5 Å². The maximum absolute atomic E-state index is 6.05. The third-order valence-corrected chi connectivity index (χ3v) is 5.46. The number of rotatable bonds is 6. The molecule has 0 radical (unpaired) electrons. The van der Waals surface area contributed by atoms with E-state index in [-0.39, 0.29) is 6.10 Å². The Morgan fingerprint density at radius 2 is 2.03 bits per heavy atom. The van der Waals surface area contributed by atoms with Crippen molar-refractivity contribution in [1.82, 2.24) is 19.7 Å². The van der Waals surface area contributed by atoms with Gasteiger partial charge in [0.15, 0.2) is 5.82 Å². The van der Waals surface area contributed by atoms with Crippen LogP contribution in [0, 0.1) is 13.8 Å². The summed E-state index contributed by atoms with van der Waals surface area (Å²) in [5, 5.41) is 7.73. The quantitative estimate of drug-likeness (QED) is 0.671. The van der Waals surface area contributed by atoms with Gasteiger partial charge in [-0.05, 0) is 37.6 Å². The number of anilines is 2. The number of aryl methyl sites for hydroxylation is 3. The molecule has 0 saturated carbocycles. The summed E-state index contributed by atoms with van der Waals surface area (Å²) in [6, 6.07) is 14.3. The van der Waals surface area contributed by atoms with E-state index in [2.05, 4.69) is 40.4 Å². The summed E-state index contributed by atoms with van der Waals surface area (Å²) in [7, 11) is 3.66. The number of morpholine rings is 1. The van der Waals surface area contributed by atoms with Crippen molar-refractivity contribution >= 4 is 11.6 Å². The van der Waals surface area contributed by atoms with Gasteiger partial charge in [-0.2, -0.15) is 5.10 Å². The highest BCUT2D eigenvalue weighted by molar-refractivity contribution is 5.52. The van der Waals surface area contributed by atoms with Gasteiger partial charge in [-0.3, -0.25) is 9.58 Å². The van der Waals surface area contributed by atoms with Gasteiger partial charge in [0.05, 0.1) is 19.4 Å². The Bertz CT molecular complexity index is 997. The van der Waals surface area contributed by atoms with Crippen LogP contribution in [0.25, 0.3) is 0 Å². The molecule has 1 fully saturated rings. The van der Waals surface area contributed by atoms with E-state index in [1.54, 1.807) is 7.11 Å². The molecule has 7 nitrogen and oxygen atoms in total. The lowest BCUT2D eigenvalue weighted by atomic mass is 10.1. The van der Waals surface area contributed by atoms with Crippen LogP contribution in [0.1, 0.15) is 28.6 Å². The average molecular weight is 408 g/mol. The van der Waals surface area contributed by atoms with Crippen LogP contribution in [0.3, 0.4) is 0 Å². The first-order valence-corrected chi connectivity index (χ1v) is 10.2. The van der Waals surface area contributed by atoms with Gasteiger partial charge >= 0.3 is 0 Å². The molecule has 30 heavy (non-hydrogen) atoms. The molecule has 0 amide bonds. The summed E-state index contributed by atoms with van der Waals surface area (Å²) in [5.74, 6) is 2.50. The van der Waals surface area contributed by atoms with E-state index in [0.717, 1.165) is 48.4 Å². The summed E-state index contributed by atoms with van der Waals surface area (Å²) < 4.78 is 13.5. The Kier molecular flexibility index (Phi) is 6.01. The van der Waals surface area contributed by atoms with Crippen LogP contribution in [-0.2, 0) is 18.3 Å². The Morgan fingerprint density at radius 1 is 1.17 bits per heavy atom. The van der Waals surface area contributed by atoms with Crippen molar-refractivity contribution in [3.8, 4) is 5.75 Å². The Balaban J connectivity index is 1.45. The van der Waals surface area contributed by atoms with Crippen molar-refractivity contribution in [3.05, 3.63) is 65.0 Å². The van der Waals surface area contributed by atoms with Crippen molar-refractivity contribution in [2.45, 2.75) is 26.5 Å². The van der Waals surface area contributed by atoms with Crippen molar-refractivity contribution in [1.29, 1.82) is 0 Å². The minimum absolute atomic E-state index is 0.0672. The van der Waals surface area contributed by atoms with Crippen molar-refractivity contribution in [2.75, 3.05) is 32.1 Å². The molecule has 0 unspecified atom stereocenters. The zero-order chi connectivity index (χ0) is 21.1. The fraction of sp³-hybridized carbons (Fsp3) is 0.391. The number of hydrogen-bond donors (Lipinski definition) is 1. The summed E-state index contributed by atoms with van der Waals surface area (Å²) in [6.07, 6.45) is -0.0672. The number of benzene rings is 1. The third-order valence-electron chi connectivity index (χ3n) is 5.46. The Labute approximate surface area is 177 Å². The molecule has 7 heteroatoms. The number of ether oxygens (including phenoxy) is 2. The van der Waals surface area contributed by atoms with E-state index in [1.165, 1.54) is 11.1 Å². The number of hydrogen-bond acceptors (Lipinski definition) is 6. The Hall–Kier alpha value is -2.90. The summed E-state index contributed by atoms with van der Waals surface area (Å²) in [6.45, 7) is 7.28. The third kappa shape index (κ3) is 4.63. The molecular weight excluding hydrogens is 378 g/mol. The van der Waals surface area contributed by atoms with Crippen LogP contribution in [-0.4, -0.2) is 46.5 Å². The van der Waals surface area contributed by atoms with Crippen molar-refractivity contribution in [2.24, 2.45) is 7.05 Å². The van der Waals surface area contributed by atoms with E-state index in [9.17, 15) is 0 Å². The lowest BCUT2D eigenvalue weighted by Gasteiger charge is -2.33. The van der Waals surface area contributed by atoms with Gasteiger partial charge in [-0.25, -0.2) is 4.98 Å². The second kappa shape index (κ2) is 8.85. The highest BCUT2D eigenvalue weighted by atomic mass is 16.5. The fourth-order valence-electron chi connectivity index (χ4n) is 3.70. The molecule has 1 aliphatic heterocycles. The molecule has 1 saturated heterocycles. The second-order valence-corrected chi connectivity index (χ2v) is 7.78. The Morgan fingerprint density at radius 3 is 2.80 bits per heavy atom. The monoisotopic (exact) mass is 407 g/mol. The average Bonchev–Trinajstić information content (AvgIpc) is 3.06. The zero-order valence-corrected chi connectivity index (χ0v) is 18.1. The SMILES string of the molecule is COc1cc(C)ccc1CN1CCO[C@@H](c2cccc(Nc3cc(C)n(C)n3)n2)C1. The molecule has 1 N–H and O–H groups in total. The molecule has 4 rings (SSSR count). The lowest BCUT2D eigenvalue weighted by Crippen LogP contribution is -2.38. The first-order chi connectivity index (χ1) is 14.5. The lowest BCUT2D eigenvalue weighted by molar-refractivity contribution is -0.0350. The van der Waals surface area contributed by atoms with Gasteiger partial charge < -0.3 is 14.8 Å². The van der Waals surface area contributed by atoms with Crippen LogP contribution >= 0.6 is 0 Å².